The molecule has 1 aromatic rings. The molecule has 14 heavy (non-hydrogen) atoms. The largest absolute Gasteiger partial charge is 0.504 e. The number of methoxy groups -OCH3 is 1. The summed E-state index contributed by atoms with van der Waals surface area (Å²) < 4.78 is 4.79. The van der Waals surface area contributed by atoms with Crippen molar-refractivity contribution in [2.45, 2.75) is 6.92 Å². The van der Waals surface area contributed by atoms with E-state index < -0.39 is 0 Å². The quantitative estimate of drug-likeness (QED) is 0.596. The van der Waals surface area contributed by atoms with E-state index in [1.807, 2.05) is 6.92 Å². The first-order chi connectivity index (χ1) is 6.76. The van der Waals surface area contributed by atoms with Gasteiger partial charge in [0.2, 0.25) is 0 Å². The van der Waals surface area contributed by atoms with Crippen molar-refractivity contribution in [3.8, 4) is 11.5 Å². The molecule has 0 atom stereocenters. The number of aromatic hydroxyl groups is 1. The lowest BCUT2D eigenvalue weighted by Gasteiger charge is -1.99. The SMILES string of the molecule is C=NOCC.COc1ccccc1O. The van der Waals surface area contributed by atoms with Crippen LogP contribution in [0.3, 0.4) is 0 Å². The second-order valence-corrected chi connectivity index (χ2v) is 2.22. The molecule has 1 aromatic carbocycles. The monoisotopic (exact) mass is 197 g/mol. The average Bonchev–Trinajstić information content (AvgIpc) is 2.21. The Morgan fingerprint density at radius 2 is 2.07 bits per heavy atom. The molecule has 78 valence electrons. The lowest BCUT2D eigenvalue weighted by Crippen LogP contribution is -1.80. The summed E-state index contributed by atoms with van der Waals surface area (Å²) in [5.41, 5.74) is 0. The molecule has 0 unspecified atom stereocenters. The van der Waals surface area contributed by atoms with Gasteiger partial charge in [0.05, 0.1) is 7.11 Å². The smallest absolute Gasteiger partial charge is 0.160 e. The minimum atomic E-state index is 0.181. The summed E-state index contributed by atoms with van der Waals surface area (Å²) in [6, 6.07) is 6.84. The molecular weight excluding hydrogens is 182 g/mol. The van der Waals surface area contributed by atoms with Crippen molar-refractivity contribution in [2.75, 3.05) is 13.7 Å². The first-order valence-electron chi connectivity index (χ1n) is 4.16. The van der Waals surface area contributed by atoms with Crippen LogP contribution in [0, 0.1) is 0 Å². The highest BCUT2D eigenvalue weighted by Crippen LogP contribution is 2.22. The van der Waals surface area contributed by atoms with Crippen molar-refractivity contribution in [3.63, 3.8) is 0 Å². The van der Waals surface area contributed by atoms with Crippen LogP contribution in [0.4, 0.5) is 0 Å². The second kappa shape index (κ2) is 7.91. The molecule has 4 heteroatoms. The third kappa shape index (κ3) is 5.03. The number of nitrogens with zero attached hydrogens (tertiary/aromatic N) is 1. The Morgan fingerprint density at radius 3 is 2.36 bits per heavy atom. The number of phenols is 1. The van der Waals surface area contributed by atoms with Crippen molar-refractivity contribution >= 4 is 6.72 Å². The highest BCUT2D eigenvalue weighted by atomic mass is 16.6. The Balaban J connectivity index is 0.000000292. The third-order valence-electron chi connectivity index (χ3n) is 1.31. The average molecular weight is 197 g/mol. The van der Waals surface area contributed by atoms with Gasteiger partial charge in [0.15, 0.2) is 11.5 Å². The van der Waals surface area contributed by atoms with Gasteiger partial charge in [0.1, 0.15) is 6.61 Å². The van der Waals surface area contributed by atoms with E-state index in [0.717, 1.165) is 0 Å². The lowest BCUT2D eigenvalue weighted by atomic mass is 10.3. The maximum absolute atomic E-state index is 8.99. The third-order valence-corrected chi connectivity index (χ3v) is 1.31. The number of hydrogen-bond acceptors (Lipinski definition) is 4. The standard InChI is InChI=1S/C7H8O2.C3H7NO/c1-9-7-5-3-2-4-6(7)8;1-3-5-4-2/h2-5,8H,1H3;2-3H2,1H3. The summed E-state index contributed by atoms with van der Waals surface area (Å²) >= 11 is 0. The van der Waals surface area contributed by atoms with Crippen LogP contribution in [0.1, 0.15) is 6.92 Å². The molecule has 0 spiro atoms. The molecule has 0 fully saturated rings. The van der Waals surface area contributed by atoms with Crippen molar-refractivity contribution in [1.29, 1.82) is 0 Å². The summed E-state index contributed by atoms with van der Waals surface area (Å²) in [6.45, 7) is 5.55. The number of oxime groups is 1. The van der Waals surface area contributed by atoms with Crippen LogP contribution in [0.5, 0.6) is 11.5 Å². The highest BCUT2D eigenvalue weighted by Gasteiger charge is 1.94. The van der Waals surface area contributed by atoms with E-state index in [-0.39, 0.29) is 5.75 Å². The zero-order chi connectivity index (χ0) is 10.8. The number of rotatable bonds is 3. The molecular formula is C10H15NO3. The van der Waals surface area contributed by atoms with Gasteiger partial charge in [-0.05, 0) is 19.1 Å². The molecule has 0 aromatic heterocycles. The first kappa shape index (κ1) is 12.3. The van der Waals surface area contributed by atoms with Crippen molar-refractivity contribution in [3.05, 3.63) is 24.3 Å². The zero-order valence-corrected chi connectivity index (χ0v) is 8.43. The van der Waals surface area contributed by atoms with E-state index >= 15 is 0 Å². The van der Waals surface area contributed by atoms with E-state index in [4.69, 9.17) is 9.84 Å². The van der Waals surface area contributed by atoms with Crippen LogP contribution in [-0.2, 0) is 4.84 Å². The van der Waals surface area contributed by atoms with Crippen LogP contribution in [-0.4, -0.2) is 25.5 Å². The molecule has 0 amide bonds. The number of phenolic OH excluding ortho intramolecular Hbond substituents is 1. The van der Waals surface area contributed by atoms with Crippen molar-refractivity contribution < 1.29 is 14.7 Å². The molecule has 0 bridgehead atoms. The number of para-hydroxylation sites is 2. The van der Waals surface area contributed by atoms with E-state index in [1.54, 1.807) is 24.3 Å². The maximum atomic E-state index is 8.99. The summed E-state index contributed by atoms with van der Waals surface area (Å²) in [5.74, 6) is 0.692. The molecule has 0 saturated carbocycles. The maximum Gasteiger partial charge on any atom is 0.160 e. The van der Waals surface area contributed by atoms with Gasteiger partial charge in [-0.1, -0.05) is 12.1 Å². The minimum absolute atomic E-state index is 0.181. The van der Waals surface area contributed by atoms with Crippen LogP contribution in [0.2, 0.25) is 0 Å². The van der Waals surface area contributed by atoms with Crippen molar-refractivity contribution in [2.24, 2.45) is 5.16 Å². The highest BCUT2D eigenvalue weighted by molar-refractivity contribution is 5.37. The zero-order valence-electron chi connectivity index (χ0n) is 8.43. The molecule has 0 aliphatic carbocycles. The number of benzene rings is 1. The second-order valence-electron chi connectivity index (χ2n) is 2.22. The Labute approximate surface area is 83.8 Å². The summed E-state index contributed by atoms with van der Waals surface area (Å²) in [4.78, 5) is 4.35. The van der Waals surface area contributed by atoms with Crippen LogP contribution in [0.15, 0.2) is 29.4 Å². The topological polar surface area (TPSA) is 51.0 Å². The molecule has 0 aliphatic rings. The summed E-state index contributed by atoms with van der Waals surface area (Å²) in [5, 5.41) is 12.1. The first-order valence-corrected chi connectivity index (χ1v) is 4.16. The van der Waals surface area contributed by atoms with E-state index in [9.17, 15) is 0 Å². The normalized spacial score (nSPS) is 8.14. The van der Waals surface area contributed by atoms with Gasteiger partial charge in [-0.25, -0.2) is 0 Å². The molecule has 0 saturated heterocycles. The van der Waals surface area contributed by atoms with Crippen LogP contribution < -0.4 is 4.74 Å². The fourth-order valence-electron chi connectivity index (χ4n) is 0.721. The minimum Gasteiger partial charge on any atom is -0.504 e. The number of hydrogen-bond donors (Lipinski definition) is 1. The van der Waals surface area contributed by atoms with Gasteiger partial charge in [-0.2, -0.15) is 0 Å². The van der Waals surface area contributed by atoms with Crippen molar-refractivity contribution in [1.82, 2.24) is 0 Å². The fourth-order valence-corrected chi connectivity index (χ4v) is 0.721. The van der Waals surface area contributed by atoms with Gasteiger partial charge in [-0.3, -0.25) is 0 Å². The van der Waals surface area contributed by atoms with Gasteiger partial charge in [0, 0.05) is 6.72 Å². The van der Waals surface area contributed by atoms with E-state index in [2.05, 4.69) is 16.7 Å². The molecule has 0 radical (unpaired) electrons. The molecule has 0 aliphatic heterocycles. The Hall–Kier alpha value is -1.71. The number of ether oxygens (including phenoxy) is 1. The Morgan fingerprint density at radius 1 is 1.43 bits per heavy atom. The lowest BCUT2D eigenvalue weighted by molar-refractivity contribution is 0.161. The van der Waals surface area contributed by atoms with Gasteiger partial charge in [-0.15, -0.1) is 5.16 Å². The van der Waals surface area contributed by atoms with Gasteiger partial charge >= 0.3 is 0 Å². The predicted molar refractivity (Wildman–Crippen MR) is 55.8 cm³/mol. The fraction of sp³-hybridized carbons (Fsp3) is 0.300. The van der Waals surface area contributed by atoms with Gasteiger partial charge < -0.3 is 14.7 Å². The van der Waals surface area contributed by atoms with Gasteiger partial charge in [0.25, 0.3) is 0 Å². The molecule has 4 nitrogen and oxygen atoms in total. The van der Waals surface area contributed by atoms with E-state index in [0.29, 0.717) is 12.4 Å². The van der Waals surface area contributed by atoms with Crippen LogP contribution in [0.25, 0.3) is 0 Å². The Bertz CT molecular complexity index is 263. The van der Waals surface area contributed by atoms with E-state index in [1.165, 1.54) is 7.11 Å². The molecule has 1 rings (SSSR count). The molecule has 1 N–H and O–H groups in total. The van der Waals surface area contributed by atoms with Crippen LogP contribution >= 0.6 is 0 Å². The molecule has 0 heterocycles. The summed E-state index contributed by atoms with van der Waals surface area (Å²) in [6.07, 6.45) is 0. The Kier molecular flexibility index (Phi) is 6.95. The predicted octanol–water partition coefficient (Wildman–Crippen LogP) is 2.04. The summed E-state index contributed by atoms with van der Waals surface area (Å²) in [7, 11) is 1.52.